The molecule has 0 aliphatic carbocycles. The minimum absolute atomic E-state index is 1.15. The average Bonchev–Trinajstić information content (AvgIpc) is 1.69. The van der Waals surface area contributed by atoms with Gasteiger partial charge in [-0.2, -0.15) is 0 Å². The number of allylic oxidation sites excluding steroid dienone is 2. The monoisotopic (exact) mass is 97.1 g/mol. The Hall–Kier alpha value is -0.260. The van der Waals surface area contributed by atoms with Gasteiger partial charge in [0, 0.05) is 0 Å². The molecule has 0 aliphatic rings. The van der Waals surface area contributed by atoms with Crippen LogP contribution >= 0.6 is 0 Å². The van der Waals surface area contributed by atoms with E-state index < -0.39 is 0 Å². The van der Waals surface area contributed by atoms with E-state index in [0.29, 0.717) is 0 Å². The van der Waals surface area contributed by atoms with Crippen molar-refractivity contribution in [1.82, 2.24) is 0 Å². The number of hydrogen-bond acceptors (Lipinski definition) is 0. The van der Waals surface area contributed by atoms with Gasteiger partial charge >= 0.3 is 0 Å². The molecule has 0 heteroatoms. The zero-order valence-electron chi connectivity index (χ0n) is 5.15. The Morgan fingerprint density at radius 3 is 2.29 bits per heavy atom. The van der Waals surface area contributed by atoms with Gasteiger partial charge in [0.25, 0.3) is 0 Å². The van der Waals surface area contributed by atoms with Crippen molar-refractivity contribution in [2.75, 3.05) is 0 Å². The van der Waals surface area contributed by atoms with Crippen molar-refractivity contribution in [2.24, 2.45) is 0 Å². The highest BCUT2D eigenvalue weighted by Crippen LogP contribution is 1.87. The van der Waals surface area contributed by atoms with Crippen LogP contribution in [0.1, 0.15) is 26.7 Å². The van der Waals surface area contributed by atoms with E-state index in [9.17, 15) is 0 Å². The van der Waals surface area contributed by atoms with Crippen molar-refractivity contribution < 1.29 is 0 Å². The zero-order chi connectivity index (χ0) is 5.54. The molecule has 0 heterocycles. The summed E-state index contributed by atoms with van der Waals surface area (Å²) in [4.78, 5) is 0. The molecular weight excluding hydrogens is 84.1 g/mol. The fourth-order valence-corrected chi connectivity index (χ4v) is 0.368. The molecule has 0 rings (SSSR count). The third-order valence-corrected chi connectivity index (χ3v) is 0.744. The molecule has 7 heavy (non-hydrogen) atoms. The second-order valence-electron chi connectivity index (χ2n) is 1.48. The molecular formula is C7H13. The molecule has 0 nitrogen and oxygen atoms in total. The Morgan fingerprint density at radius 1 is 1.14 bits per heavy atom. The Balaban J connectivity index is 2.78. The number of unbranched alkanes of at least 4 members (excludes halogenated alkanes) is 1. The van der Waals surface area contributed by atoms with E-state index in [1.807, 2.05) is 0 Å². The molecule has 41 valence electrons. The van der Waals surface area contributed by atoms with Crippen molar-refractivity contribution >= 4 is 0 Å². The average molecular weight is 97.2 g/mol. The summed E-state index contributed by atoms with van der Waals surface area (Å²) in [6.07, 6.45) is 8.72. The minimum Gasteiger partial charge on any atom is -0.0885 e. The van der Waals surface area contributed by atoms with Crippen molar-refractivity contribution in [3.63, 3.8) is 0 Å². The molecule has 1 radical (unpaired) electrons. The fraction of sp³-hybridized carbons (Fsp3) is 0.571. The normalized spacial score (nSPS) is 10.6. The lowest BCUT2D eigenvalue weighted by Crippen LogP contribution is -1.60. The van der Waals surface area contributed by atoms with Gasteiger partial charge in [-0.05, 0) is 19.3 Å². The zero-order valence-corrected chi connectivity index (χ0v) is 5.15. The molecule has 0 aromatic carbocycles. The van der Waals surface area contributed by atoms with E-state index in [2.05, 4.69) is 32.4 Å². The first-order chi connectivity index (χ1) is 3.41. The fourth-order valence-electron chi connectivity index (χ4n) is 0.368. The second-order valence-corrected chi connectivity index (χ2v) is 1.48. The van der Waals surface area contributed by atoms with E-state index in [-0.39, 0.29) is 0 Å². The number of rotatable bonds is 3. The molecule has 0 fully saturated rings. The molecule has 0 aliphatic heterocycles. The van der Waals surface area contributed by atoms with Crippen molar-refractivity contribution in [3.05, 3.63) is 18.6 Å². The van der Waals surface area contributed by atoms with E-state index in [1.54, 1.807) is 0 Å². The summed E-state index contributed by atoms with van der Waals surface area (Å²) in [5, 5.41) is 0. The van der Waals surface area contributed by atoms with Gasteiger partial charge in [-0.3, -0.25) is 0 Å². The minimum atomic E-state index is 1.15. The van der Waals surface area contributed by atoms with Crippen LogP contribution in [0.15, 0.2) is 12.2 Å². The topological polar surface area (TPSA) is 0 Å². The van der Waals surface area contributed by atoms with Gasteiger partial charge < -0.3 is 0 Å². The maximum absolute atomic E-state index is 2.16. The first-order valence-electron chi connectivity index (χ1n) is 2.90. The predicted octanol–water partition coefficient (Wildman–Crippen LogP) is 2.57. The summed E-state index contributed by atoms with van der Waals surface area (Å²) < 4.78 is 0. The summed E-state index contributed by atoms with van der Waals surface area (Å²) >= 11 is 0. The predicted molar refractivity (Wildman–Crippen MR) is 34.0 cm³/mol. The van der Waals surface area contributed by atoms with E-state index in [1.165, 1.54) is 0 Å². The van der Waals surface area contributed by atoms with Crippen LogP contribution in [-0.2, 0) is 0 Å². The molecule has 0 spiro atoms. The summed E-state index contributed by atoms with van der Waals surface area (Å²) in [5.41, 5.74) is 0. The van der Waals surface area contributed by atoms with Crippen molar-refractivity contribution in [3.8, 4) is 0 Å². The molecule has 0 bridgehead atoms. The highest BCUT2D eigenvalue weighted by Gasteiger charge is 1.68. The smallest absolute Gasteiger partial charge is 0.0173 e. The highest BCUT2D eigenvalue weighted by atomic mass is 13.7. The third kappa shape index (κ3) is 5.74. The van der Waals surface area contributed by atoms with Crippen LogP contribution < -0.4 is 0 Å². The van der Waals surface area contributed by atoms with Crippen LogP contribution in [0.5, 0.6) is 0 Å². The van der Waals surface area contributed by atoms with Crippen LogP contribution in [0.2, 0.25) is 0 Å². The second kappa shape index (κ2) is 5.74. The van der Waals surface area contributed by atoms with Gasteiger partial charge in [0.2, 0.25) is 0 Å². The third-order valence-electron chi connectivity index (χ3n) is 0.744. The Bertz CT molecular complexity index is 44.0. The van der Waals surface area contributed by atoms with E-state index in [0.717, 1.165) is 12.8 Å². The Labute approximate surface area is 46.2 Å². The molecule has 0 saturated heterocycles. The standard InChI is InChI=1S/C7H13/c1-3-5-7-6-4-2/h5-7H,3-4H2,1-2H3. The lowest BCUT2D eigenvalue weighted by Gasteiger charge is -1.79. The van der Waals surface area contributed by atoms with Crippen LogP contribution in [-0.4, -0.2) is 0 Å². The van der Waals surface area contributed by atoms with Crippen LogP contribution in [0, 0.1) is 6.42 Å². The van der Waals surface area contributed by atoms with Gasteiger partial charge in [-0.25, -0.2) is 0 Å². The van der Waals surface area contributed by atoms with Crippen LogP contribution in [0.3, 0.4) is 0 Å². The van der Waals surface area contributed by atoms with Crippen molar-refractivity contribution in [1.29, 1.82) is 0 Å². The highest BCUT2D eigenvalue weighted by molar-refractivity contribution is 4.92. The summed E-state index contributed by atoms with van der Waals surface area (Å²) in [5.74, 6) is 0. The van der Waals surface area contributed by atoms with Crippen LogP contribution in [0.4, 0.5) is 0 Å². The van der Waals surface area contributed by atoms with E-state index in [4.69, 9.17) is 0 Å². The molecule has 0 amide bonds. The molecule has 0 aromatic rings. The SMILES string of the molecule is CC[CH]C=CCC. The maximum atomic E-state index is 2.16. The summed E-state index contributed by atoms with van der Waals surface area (Å²) in [6.45, 7) is 4.28. The van der Waals surface area contributed by atoms with Gasteiger partial charge in [0.1, 0.15) is 0 Å². The lowest BCUT2D eigenvalue weighted by atomic mass is 10.3. The van der Waals surface area contributed by atoms with Gasteiger partial charge in [-0.15, -0.1) is 0 Å². The molecule has 0 aromatic heterocycles. The Morgan fingerprint density at radius 2 is 1.86 bits per heavy atom. The van der Waals surface area contributed by atoms with E-state index >= 15 is 0 Å². The quantitative estimate of drug-likeness (QED) is 0.507. The summed E-state index contributed by atoms with van der Waals surface area (Å²) in [6, 6.07) is 0. The Kier molecular flexibility index (Phi) is 5.53. The summed E-state index contributed by atoms with van der Waals surface area (Å²) in [7, 11) is 0. The largest absolute Gasteiger partial charge is 0.0885 e. The molecule has 0 N–H and O–H groups in total. The van der Waals surface area contributed by atoms with Crippen LogP contribution in [0.25, 0.3) is 0 Å². The molecule has 0 saturated carbocycles. The van der Waals surface area contributed by atoms with Gasteiger partial charge in [0.15, 0.2) is 0 Å². The van der Waals surface area contributed by atoms with Gasteiger partial charge in [-0.1, -0.05) is 26.0 Å². The van der Waals surface area contributed by atoms with Crippen molar-refractivity contribution in [2.45, 2.75) is 26.7 Å². The first kappa shape index (κ1) is 6.74. The molecule has 0 atom stereocenters. The maximum Gasteiger partial charge on any atom is -0.0173 e. The molecule has 0 unspecified atom stereocenters. The lowest BCUT2D eigenvalue weighted by molar-refractivity contribution is 1.13. The first-order valence-corrected chi connectivity index (χ1v) is 2.90. The van der Waals surface area contributed by atoms with Gasteiger partial charge in [0.05, 0.1) is 0 Å². The number of hydrogen-bond donors (Lipinski definition) is 0.